The lowest BCUT2D eigenvalue weighted by Crippen LogP contribution is -2.65. The first-order chi connectivity index (χ1) is 21.0. The Bertz CT molecular complexity index is 1680. The van der Waals surface area contributed by atoms with E-state index in [2.05, 4.69) is 0 Å². The summed E-state index contributed by atoms with van der Waals surface area (Å²) in [6, 6.07) is 4.08. The van der Waals surface area contributed by atoms with E-state index in [1.54, 1.807) is 37.0 Å². The Hall–Kier alpha value is -4.33. The molecule has 3 aliphatic rings. The number of ketones is 2. The number of likely N-dealkylation sites (N-methyl/N-ethyl adjacent to an activating group) is 1. The van der Waals surface area contributed by atoms with Gasteiger partial charge in [0.2, 0.25) is 5.78 Å². The van der Waals surface area contributed by atoms with Gasteiger partial charge >= 0.3 is 0 Å². The van der Waals surface area contributed by atoms with E-state index in [4.69, 9.17) is 5.73 Å². The molecule has 0 saturated heterocycles. The number of carbonyl (C=O) groups excluding carboxylic acids is 3. The van der Waals surface area contributed by atoms with Gasteiger partial charge in [-0.3, -0.25) is 24.2 Å². The first-order valence-corrected chi connectivity index (χ1v) is 14.3. The van der Waals surface area contributed by atoms with Gasteiger partial charge in [-0.1, -0.05) is 6.07 Å². The molecule has 2 aromatic carbocycles. The number of benzene rings is 2. The number of aromatic hydroxyl groups is 1. The number of phenols is 1. The standard InChI is InChI=1S/C32H36F2N4O7/c1-36(2)21-11-15(12-38(5)13-17-19(33)7-6-8-20(17)34)26(39)23-16(21)9-14-10-18-25(37(3)4)28(41)24(31(35)44)30(43)32(18,45)29(42)22(14)27(23)40/h6-8,11,14,18,25,39-40,43,45H,9-10,12-13H2,1-5H3,(H2,35,44)/t14-,18-,25-,32-/m0/s1. The fourth-order valence-electron chi connectivity index (χ4n) is 7.17. The van der Waals surface area contributed by atoms with Gasteiger partial charge in [0.25, 0.3) is 5.91 Å². The second-order valence-corrected chi connectivity index (χ2v) is 12.5. The summed E-state index contributed by atoms with van der Waals surface area (Å²) in [6.07, 6.45) is 0.101. The molecule has 4 atom stereocenters. The van der Waals surface area contributed by atoms with Crippen LogP contribution in [-0.2, 0) is 33.9 Å². The third-order valence-corrected chi connectivity index (χ3v) is 9.19. The molecule has 3 aliphatic carbocycles. The van der Waals surface area contributed by atoms with E-state index in [1.807, 2.05) is 0 Å². The van der Waals surface area contributed by atoms with Crippen molar-refractivity contribution >= 4 is 28.9 Å². The van der Waals surface area contributed by atoms with Crippen molar-refractivity contribution in [2.45, 2.75) is 37.6 Å². The van der Waals surface area contributed by atoms with Gasteiger partial charge in [-0.05, 0) is 63.7 Å². The molecular weight excluding hydrogens is 590 g/mol. The minimum absolute atomic E-state index is 0.00213. The number of amides is 1. The average molecular weight is 627 g/mol. The topological polar surface area (TPSA) is 168 Å². The van der Waals surface area contributed by atoms with Gasteiger partial charge in [0.15, 0.2) is 11.4 Å². The lowest BCUT2D eigenvalue weighted by atomic mass is 9.57. The summed E-state index contributed by atoms with van der Waals surface area (Å²) in [5.41, 5.74) is 2.68. The molecule has 1 fully saturated rings. The monoisotopic (exact) mass is 626 g/mol. The normalized spacial score (nSPS) is 24.6. The fourth-order valence-corrected chi connectivity index (χ4v) is 7.17. The Labute approximate surface area is 258 Å². The zero-order valence-electron chi connectivity index (χ0n) is 25.6. The number of aliphatic hydroxyl groups is 3. The van der Waals surface area contributed by atoms with Crippen LogP contribution >= 0.6 is 0 Å². The second kappa shape index (κ2) is 11.2. The summed E-state index contributed by atoms with van der Waals surface area (Å²) >= 11 is 0. The molecule has 45 heavy (non-hydrogen) atoms. The number of carbonyl (C=O) groups is 3. The van der Waals surface area contributed by atoms with Crippen LogP contribution in [0.1, 0.15) is 28.7 Å². The highest BCUT2D eigenvalue weighted by atomic mass is 19.1. The largest absolute Gasteiger partial charge is 0.508 e. The van der Waals surface area contributed by atoms with Crippen LogP contribution < -0.4 is 10.6 Å². The molecule has 6 N–H and O–H groups in total. The molecular formula is C32H36F2N4O7. The molecule has 0 radical (unpaired) electrons. The number of halogens is 2. The predicted molar refractivity (Wildman–Crippen MR) is 160 cm³/mol. The molecule has 13 heteroatoms. The van der Waals surface area contributed by atoms with Crippen LogP contribution in [0.2, 0.25) is 0 Å². The number of Topliss-reactive ketones (excluding diaryl/α,β-unsaturated/α-hetero) is 2. The molecule has 0 aromatic heterocycles. The summed E-state index contributed by atoms with van der Waals surface area (Å²) in [4.78, 5) is 44.4. The van der Waals surface area contributed by atoms with Crippen molar-refractivity contribution in [1.29, 1.82) is 0 Å². The van der Waals surface area contributed by atoms with Crippen molar-refractivity contribution in [1.82, 2.24) is 9.80 Å². The third kappa shape index (κ3) is 4.86. The molecule has 0 bridgehead atoms. The Morgan fingerprint density at radius 2 is 1.67 bits per heavy atom. The Morgan fingerprint density at radius 3 is 2.22 bits per heavy atom. The number of fused-ring (bicyclic) bond motifs is 3. The first kappa shape index (κ1) is 32.1. The highest BCUT2D eigenvalue weighted by Gasteiger charge is 2.64. The summed E-state index contributed by atoms with van der Waals surface area (Å²) in [5, 5.41) is 46.0. The van der Waals surface area contributed by atoms with Crippen LogP contribution in [0, 0.1) is 23.5 Å². The lowest BCUT2D eigenvalue weighted by molar-refractivity contribution is -0.153. The van der Waals surface area contributed by atoms with Crippen LogP contribution in [0.4, 0.5) is 14.5 Å². The van der Waals surface area contributed by atoms with Crippen LogP contribution in [0.25, 0.3) is 5.76 Å². The van der Waals surface area contributed by atoms with E-state index in [1.165, 1.54) is 25.1 Å². The third-order valence-electron chi connectivity index (χ3n) is 9.19. The molecule has 0 unspecified atom stereocenters. The van der Waals surface area contributed by atoms with Gasteiger partial charge in [-0.2, -0.15) is 0 Å². The SMILES string of the molecule is CN(Cc1cc(N(C)C)c2c(c1O)C(O)=C1C(=O)[C@]3(O)C(O)=C(C(N)=O)C(=O)[C@@H](N(C)C)[C@@H]3C[C@@H]1C2)Cc1c(F)cccc1F. The number of primary amides is 1. The maximum absolute atomic E-state index is 14.3. The Morgan fingerprint density at radius 1 is 1.04 bits per heavy atom. The zero-order valence-corrected chi connectivity index (χ0v) is 25.6. The summed E-state index contributed by atoms with van der Waals surface area (Å²) in [5.74, 6) is -8.72. The van der Waals surface area contributed by atoms with Gasteiger partial charge in [0.1, 0.15) is 34.5 Å². The van der Waals surface area contributed by atoms with Gasteiger partial charge < -0.3 is 31.1 Å². The predicted octanol–water partition coefficient (Wildman–Crippen LogP) is 1.94. The molecule has 2 aromatic rings. The highest BCUT2D eigenvalue weighted by Crippen LogP contribution is 2.54. The van der Waals surface area contributed by atoms with Gasteiger partial charge in [-0.15, -0.1) is 0 Å². The van der Waals surface area contributed by atoms with Crippen LogP contribution in [0.3, 0.4) is 0 Å². The maximum atomic E-state index is 14.3. The highest BCUT2D eigenvalue weighted by molar-refractivity contribution is 6.24. The van der Waals surface area contributed by atoms with E-state index >= 15 is 0 Å². The lowest BCUT2D eigenvalue weighted by Gasteiger charge is -2.50. The van der Waals surface area contributed by atoms with Crippen LogP contribution in [0.5, 0.6) is 5.75 Å². The minimum atomic E-state index is -2.74. The summed E-state index contributed by atoms with van der Waals surface area (Å²) in [7, 11) is 8.19. The van der Waals surface area contributed by atoms with Crippen molar-refractivity contribution in [3.63, 3.8) is 0 Å². The zero-order chi connectivity index (χ0) is 33.3. The first-order valence-electron chi connectivity index (χ1n) is 14.3. The summed E-state index contributed by atoms with van der Waals surface area (Å²) < 4.78 is 28.6. The second-order valence-electron chi connectivity index (χ2n) is 12.5. The van der Waals surface area contributed by atoms with E-state index in [-0.39, 0.29) is 53.9 Å². The molecule has 240 valence electrons. The number of hydrogen-bond acceptors (Lipinski definition) is 10. The van der Waals surface area contributed by atoms with Crippen molar-refractivity contribution in [2.24, 2.45) is 17.6 Å². The van der Waals surface area contributed by atoms with E-state index in [0.29, 0.717) is 11.3 Å². The number of anilines is 1. The number of hydrogen-bond donors (Lipinski definition) is 5. The van der Waals surface area contributed by atoms with Gasteiger partial charge in [-0.25, -0.2) is 8.78 Å². The minimum Gasteiger partial charge on any atom is -0.508 e. The number of nitrogens with zero attached hydrogens (tertiary/aromatic N) is 3. The van der Waals surface area contributed by atoms with Crippen molar-refractivity contribution < 1.29 is 43.6 Å². The number of aliphatic hydroxyl groups excluding tert-OH is 2. The molecule has 11 nitrogen and oxygen atoms in total. The van der Waals surface area contributed by atoms with E-state index in [9.17, 15) is 43.6 Å². The van der Waals surface area contributed by atoms with Crippen LogP contribution in [0.15, 0.2) is 41.2 Å². The molecule has 0 spiro atoms. The molecule has 0 aliphatic heterocycles. The fraction of sp³-hybridized carbons (Fsp3) is 0.406. The van der Waals surface area contributed by atoms with Crippen molar-refractivity contribution in [3.05, 3.63) is 75.1 Å². The molecule has 1 saturated carbocycles. The molecule has 5 rings (SSSR count). The average Bonchev–Trinajstić information content (AvgIpc) is 2.93. The van der Waals surface area contributed by atoms with E-state index < -0.39 is 69.7 Å². The Balaban J connectivity index is 1.64. The Kier molecular flexibility index (Phi) is 8.01. The number of phenolic OH excluding ortho intramolecular Hbond substituents is 1. The molecule has 0 heterocycles. The number of rotatable bonds is 7. The van der Waals surface area contributed by atoms with Gasteiger partial charge in [0, 0.05) is 55.5 Å². The van der Waals surface area contributed by atoms with E-state index in [0.717, 1.165) is 12.1 Å². The van der Waals surface area contributed by atoms with Crippen LogP contribution in [-0.4, -0.2) is 94.6 Å². The maximum Gasteiger partial charge on any atom is 0.255 e. The quantitative estimate of drug-likeness (QED) is 0.287. The summed E-state index contributed by atoms with van der Waals surface area (Å²) in [6.45, 7) is -0.133. The van der Waals surface area contributed by atoms with Gasteiger partial charge in [0.05, 0.1) is 11.6 Å². The number of nitrogens with two attached hydrogens (primary N) is 1. The smallest absolute Gasteiger partial charge is 0.255 e. The molecule has 1 amide bonds. The van der Waals surface area contributed by atoms with Crippen molar-refractivity contribution in [3.8, 4) is 5.75 Å². The van der Waals surface area contributed by atoms with Crippen molar-refractivity contribution in [2.75, 3.05) is 40.1 Å².